The molecule has 0 radical (unpaired) electrons. The zero-order chi connectivity index (χ0) is 20.3. The fourth-order valence-corrected chi connectivity index (χ4v) is 4.11. The summed E-state index contributed by atoms with van der Waals surface area (Å²) in [6.45, 7) is 9.48. The van der Waals surface area contributed by atoms with Gasteiger partial charge in [-0.3, -0.25) is 9.88 Å². The molecule has 1 aliphatic heterocycles. The second-order valence-corrected chi connectivity index (χ2v) is 8.26. The average Bonchev–Trinajstić information content (AvgIpc) is 3.19. The molecule has 2 aromatic heterocycles. The lowest BCUT2D eigenvalue weighted by Gasteiger charge is -2.34. The molecule has 1 fully saturated rings. The van der Waals surface area contributed by atoms with Crippen LogP contribution in [0.1, 0.15) is 49.7 Å². The van der Waals surface area contributed by atoms with E-state index in [1.165, 1.54) is 50.0 Å². The van der Waals surface area contributed by atoms with Gasteiger partial charge >= 0.3 is 0 Å². The minimum Gasteiger partial charge on any atom is -0.383 e. The van der Waals surface area contributed by atoms with Crippen molar-refractivity contribution in [2.75, 3.05) is 39.9 Å². The van der Waals surface area contributed by atoms with Gasteiger partial charge in [0.2, 0.25) is 0 Å². The lowest BCUT2D eigenvalue weighted by Crippen LogP contribution is -2.39. The third-order valence-corrected chi connectivity index (χ3v) is 5.83. The molecular formula is C23H37N5O. The molecule has 3 rings (SSSR count). The molecule has 3 heterocycles. The third kappa shape index (κ3) is 7.53. The standard InChI is InChI=1S/C23H37N5O/c1-3-4-5-23-25-16-22(26-23)19-28(17-20-6-10-24-11-7-20)18-21-8-12-27(13-9-21)14-15-29-2/h6-7,10-11,16,21H,3-5,8-9,12-15,17-19H2,1-2H3,(H,25,26). The van der Waals surface area contributed by atoms with Crippen LogP contribution >= 0.6 is 0 Å². The van der Waals surface area contributed by atoms with Crippen molar-refractivity contribution < 1.29 is 4.74 Å². The number of ether oxygens (including phenoxy) is 1. The minimum atomic E-state index is 0.748. The fraction of sp³-hybridized carbons (Fsp3) is 0.652. The molecule has 0 amide bonds. The molecule has 1 saturated heterocycles. The van der Waals surface area contributed by atoms with Crippen molar-refractivity contribution in [3.05, 3.63) is 47.8 Å². The summed E-state index contributed by atoms with van der Waals surface area (Å²) in [6.07, 6.45) is 11.8. The van der Waals surface area contributed by atoms with Crippen LogP contribution in [0.4, 0.5) is 0 Å². The van der Waals surface area contributed by atoms with E-state index in [1.54, 1.807) is 7.11 Å². The van der Waals surface area contributed by atoms with Crippen molar-refractivity contribution in [3.8, 4) is 0 Å². The maximum Gasteiger partial charge on any atom is 0.106 e. The molecule has 0 saturated carbocycles. The maximum absolute atomic E-state index is 5.23. The first-order valence-corrected chi connectivity index (χ1v) is 11.1. The number of piperidine rings is 1. The SMILES string of the molecule is CCCCc1ncc(CN(Cc2ccncc2)CC2CCN(CCOC)CC2)[nH]1. The highest BCUT2D eigenvalue weighted by molar-refractivity contribution is 5.10. The molecule has 1 aliphatic rings. The molecule has 29 heavy (non-hydrogen) atoms. The first kappa shape index (κ1) is 21.9. The summed E-state index contributed by atoms with van der Waals surface area (Å²) in [5.41, 5.74) is 2.55. The molecule has 160 valence electrons. The number of aromatic amines is 1. The summed E-state index contributed by atoms with van der Waals surface area (Å²) in [4.78, 5) is 17.4. The Balaban J connectivity index is 1.57. The zero-order valence-corrected chi connectivity index (χ0v) is 18.1. The predicted molar refractivity (Wildman–Crippen MR) is 117 cm³/mol. The van der Waals surface area contributed by atoms with E-state index in [0.29, 0.717) is 0 Å². The second-order valence-electron chi connectivity index (χ2n) is 8.26. The highest BCUT2D eigenvalue weighted by atomic mass is 16.5. The number of unbranched alkanes of at least 4 members (excludes halogenated alkanes) is 1. The number of likely N-dealkylation sites (tertiary alicyclic amines) is 1. The first-order chi connectivity index (χ1) is 14.3. The lowest BCUT2D eigenvalue weighted by atomic mass is 9.96. The quantitative estimate of drug-likeness (QED) is 0.592. The van der Waals surface area contributed by atoms with Crippen LogP contribution in [-0.4, -0.2) is 64.6 Å². The third-order valence-electron chi connectivity index (χ3n) is 5.83. The van der Waals surface area contributed by atoms with E-state index in [0.717, 1.165) is 50.9 Å². The molecule has 0 atom stereocenters. The number of aromatic nitrogens is 3. The summed E-state index contributed by atoms with van der Waals surface area (Å²) in [6, 6.07) is 4.25. The van der Waals surface area contributed by atoms with Crippen molar-refractivity contribution in [2.24, 2.45) is 5.92 Å². The van der Waals surface area contributed by atoms with Crippen molar-refractivity contribution in [1.29, 1.82) is 0 Å². The normalized spacial score (nSPS) is 16.0. The molecule has 0 spiro atoms. The number of rotatable bonds is 12. The van der Waals surface area contributed by atoms with E-state index in [-0.39, 0.29) is 0 Å². The number of hydrogen-bond donors (Lipinski definition) is 1. The van der Waals surface area contributed by atoms with Crippen LogP contribution in [-0.2, 0) is 24.2 Å². The molecule has 6 nitrogen and oxygen atoms in total. The summed E-state index contributed by atoms with van der Waals surface area (Å²) in [7, 11) is 1.78. The van der Waals surface area contributed by atoms with Crippen LogP contribution in [0.25, 0.3) is 0 Å². The van der Waals surface area contributed by atoms with Gasteiger partial charge in [0.1, 0.15) is 5.82 Å². The van der Waals surface area contributed by atoms with Gasteiger partial charge in [0.15, 0.2) is 0 Å². The number of nitrogens with one attached hydrogen (secondary N) is 1. The summed E-state index contributed by atoms with van der Waals surface area (Å²) in [5.74, 6) is 1.87. The van der Waals surface area contributed by atoms with Gasteiger partial charge < -0.3 is 14.6 Å². The highest BCUT2D eigenvalue weighted by Gasteiger charge is 2.22. The van der Waals surface area contributed by atoms with Crippen molar-refractivity contribution in [2.45, 2.75) is 52.1 Å². The number of aryl methyl sites for hydroxylation is 1. The lowest BCUT2D eigenvalue weighted by molar-refractivity contribution is 0.103. The smallest absolute Gasteiger partial charge is 0.106 e. The highest BCUT2D eigenvalue weighted by Crippen LogP contribution is 2.20. The molecule has 2 aromatic rings. The van der Waals surface area contributed by atoms with Crippen molar-refractivity contribution in [1.82, 2.24) is 24.8 Å². The monoisotopic (exact) mass is 399 g/mol. The van der Waals surface area contributed by atoms with E-state index >= 15 is 0 Å². The van der Waals surface area contributed by atoms with Gasteiger partial charge in [-0.05, 0) is 56.0 Å². The topological polar surface area (TPSA) is 57.3 Å². The number of pyridine rings is 1. The Kier molecular flexibility index (Phi) is 9.12. The number of methoxy groups -OCH3 is 1. The van der Waals surface area contributed by atoms with Gasteiger partial charge in [-0.25, -0.2) is 4.98 Å². The number of H-pyrrole nitrogens is 1. The Morgan fingerprint density at radius 2 is 2.00 bits per heavy atom. The molecule has 6 heteroatoms. The van der Waals surface area contributed by atoms with Crippen molar-refractivity contribution >= 4 is 0 Å². The molecule has 0 aliphatic carbocycles. The van der Waals surface area contributed by atoms with Gasteiger partial charge in [0.05, 0.1) is 6.61 Å². The summed E-state index contributed by atoms with van der Waals surface area (Å²) in [5, 5.41) is 0. The number of nitrogens with zero attached hydrogens (tertiary/aromatic N) is 4. The number of imidazole rings is 1. The van der Waals surface area contributed by atoms with E-state index in [9.17, 15) is 0 Å². The predicted octanol–water partition coefficient (Wildman–Crippen LogP) is 3.51. The minimum absolute atomic E-state index is 0.748. The Labute approximate surface area is 175 Å². The van der Waals surface area contributed by atoms with Crippen LogP contribution < -0.4 is 0 Å². The van der Waals surface area contributed by atoms with E-state index in [1.807, 2.05) is 18.6 Å². The Morgan fingerprint density at radius 3 is 2.72 bits per heavy atom. The van der Waals surface area contributed by atoms with Gasteiger partial charge in [0.25, 0.3) is 0 Å². The van der Waals surface area contributed by atoms with Gasteiger partial charge in [-0.2, -0.15) is 0 Å². The van der Waals surface area contributed by atoms with Crippen LogP contribution in [0.5, 0.6) is 0 Å². The van der Waals surface area contributed by atoms with Crippen LogP contribution in [0, 0.1) is 5.92 Å². The van der Waals surface area contributed by atoms with E-state index in [2.05, 4.69) is 43.8 Å². The summed E-state index contributed by atoms with van der Waals surface area (Å²) >= 11 is 0. The van der Waals surface area contributed by atoms with Gasteiger partial charge in [-0.1, -0.05) is 13.3 Å². The average molecular weight is 400 g/mol. The van der Waals surface area contributed by atoms with Gasteiger partial charge in [-0.15, -0.1) is 0 Å². The summed E-state index contributed by atoms with van der Waals surface area (Å²) < 4.78 is 5.23. The second kappa shape index (κ2) is 12.1. The van der Waals surface area contributed by atoms with E-state index in [4.69, 9.17) is 4.74 Å². The number of hydrogen-bond acceptors (Lipinski definition) is 5. The molecule has 0 unspecified atom stereocenters. The molecule has 1 N–H and O–H groups in total. The van der Waals surface area contributed by atoms with Crippen LogP contribution in [0.3, 0.4) is 0 Å². The first-order valence-electron chi connectivity index (χ1n) is 11.1. The molecular weight excluding hydrogens is 362 g/mol. The van der Waals surface area contributed by atoms with E-state index < -0.39 is 0 Å². The molecule has 0 bridgehead atoms. The van der Waals surface area contributed by atoms with Crippen LogP contribution in [0.15, 0.2) is 30.7 Å². The van der Waals surface area contributed by atoms with Crippen LogP contribution in [0.2, 0.25) is 0 Å². The Hall–Kier alpha value is -1.76. The largest absolute Gasteiger partial charge is 0.383 e. The zero-order valence-electron chi connectivity index (χ0n) is 18.1. The Bertz CT molecular complexity index is 682. The van der Waals surface area contributed by atoms with Gasteiger partial charge in [0, 0.05) is 64.0 Å². The molecule has 0 aromatic carbocycles. The Morgan fingerprint density at radius 1 is 1.21 bits per heavy atom. The maximum atomic E-state index is 5.23. The fourth-order valence-electron chi connectivity index (χ4n) is 4.11. The van der Waals surface area contributed by atoms with Crippen molar-refractivity contribution in [3.63, 3.8) is 0 Å².